The lowest BCUT2D eigenvalue weighted by Gasteiger charge is -2.13. The van der Waals surface area contributed by atoms with E-state index >= 15 is 0 Å². The van der Waals surface area contributed by atoms with E-state index in [1.807, 2.05) is 39.0 Å². The molecule has 0 aliphatic heterocycles. The second-order valence-corrected chi connectivity index (χ2v) is 4.87. The van der Waals surface area contributed by atoms with Crippen LogP contribution in [-0.4, -0.2) is 33.2 Å². The molecule has 0 unspecified atom stereocenters. The molecular formula is C14H17N3O3. The Hall–Kier alpha value is -2.37. The second kappa shape index (κ2) is 5.32. The van der Waals surface area contributed by atoms with E-state index in [9.17, 15) is 9.90 Å². The summed E-state index contributed by atoms with van der Waals surface area (Å²) >= 11 is 0. The van der Waals surface area contributed by atoms with Crippen LogP contribution in [-0.2, 0) is 0 Å². The van der Waals surface area contributed by atoms with E-state index in [0.717, 1.165) is 5.56 Å². The van der Waals surface area contributed by atoms with Crippen LogP contribution in [0.1, 0.15) is 41.5 Å². The summed E-state index contributed by atoms with van der Waals surface area (Å²) in [6.07, 6.45) is 0. The normalized spacial score (nSPS) is 10.8. The van der Waals surface area contributed by atoms with E-state index < -0.39 is 5.97 Å². The number of benzene rings is 1. The predicted octanol–water partition coefficient (Wildman–Crippen LogP) is 2.41. The number of ether oxygens (including phenoxy) is 1. The molecule has 0 fully saturated rings. The highest BCUT2D eigenvalue weighted by atomic mass is 16.5. The Morgan fingerprint density at radius 2 is 2.10 bits per heavy atom. The minimum atomic E-state index is -1.08. The smallest absolute Gasteiger partial charge is 0.358 e. The first-order chi connectivity index (χ1) is 9.45. The van der Waals surface area contributed by atoms with Crippen molar-refractivity contribution in [3.05, 3.63) is 35.2 Å². The van der Waals surface area contributed by atoms with Crippen molar-refractivity contribution < 1.29 is 14.6 Å². The minimum absolute atomic E-state index is 0.0245. The van der Waals surface area contributed by atoms with Crippen molar-refractivity contribution in [1.82, 2.24) is 15.0 Å². The van der Waals surface area contributed by atoms with Gasteiger partial charge in [-0.1, -0.05) is 25.1 Å². The van der Waals surface area contributed by atoms with Gasteiger partial charge in [0, 0.05) is 0 Å². The van der Waals surface area contributed by atoms with Gasteiger partial charge in [-0.05, 0) is 30.5 Å². The zero-order valence-electron chi connectivity index (χ0n) is 11.9. The molecule has 6 heteroatoms. The van der Waals surface area contributed by atoms with Gasteiger partial charge in [-0.15, -0.1) is 5.10 Å². The SMILES string of the molecule is COc1ccc(C)cc1-n1nnc(C(=O)O)c1C(C)C. The standard InChI is InChI=1S/C14H17N3O3/c1-8(2)13-12(14(18)19)15-16-17(13)10-7-9(3)5-6-11(10)20-4/h5-8H,1-4H3,(H,18,19). The fraction of sp³-hybridized carbons (Fsp3) is 0.357. The van der Waals surface area contributed by atoms with Crippen LogP contribution in [0.15, 0.2) is 18.2 Å². The van der Waals surface area contributed by atoms with Crippen LogP contribution in [0.4, 0.5) is 0 Å². The summed E-state index contributed by atoms with van der Waals surface area (Å²) in [5.74, 6) is -0.479. The van der Waals surface area contributed by atoms with E-state index in [2.05, 4.69) is 10.3 Å². The summed E-state index contributed by atoms with van der Waals surface area (Å²) < 4.78 is 6.86. The maximum atomic E-state index is 11.2. The quantitative estimate of drug-likeness (QED) is 0.927. The highest BCUT2D eigenvalue weighted by molar-refractivity contribution is 5.86. The topological polar surface area (TPSA) is 77.2 Å². The third-order valence-corrected chi connectivity index (χ3v) is 3.02. The second-order valence-electron chi connectivity index (χ2n) is 4.87. The molecule has 0 aliphatic rings. The van der Waals surface area contributed by atoms with Crippen LogP contribution >= 0.6 is 0 Å². The number of hydrogen-bond donors (Lipinski definition) is 1. The minimum Gasteiger partial charge on any atom is -0.494 e. The molecular weight excluding hydrogens is 258 g/mol. The number of rotatable bonds is 4. The highest BCUT2D eigenvalue weighted by Gasteiger charge is 2.23. The van der Waals surface area contributed by atoms with Crippen molar-refractivity contribution in [3.8, 4) is 11.4 Å². The Balaban J connectivity index is 2.70. The van der Waals surface area contributed by atoms with Gasteiger partial charge >= 0.3 is 5.97 Å². The molecule has 0 saturated heterocycles. The van der Waals surface area contributed by atoms with E-state index in [1.54, 1.807) is 11.8 Å². The van der Waals surface area contributed by atoms with E-state index in [4.69, 9.17) is 4.74 Å². The molecule has 106 valence electrons. The molecule has 0 spiro atoms. The maximum Gasteiger partial charge on any atom is 0.358 e. The number of methoxy groups -OCH3 is 1. The number of carboxylic acids is 1. The molecule has 1 N–H and O–H groups in total. The van der Waals surface area contributed by atoms with Crippen molar-refractivity contribution in [2.75, 3.05) is 7.11 Å². The average molecular weight is 275 g/mol. The van der Waals surface area contributed by atoms with Gasteiger partial charge in [-0.2, -0.15) is 0 Å². The number of nitrogens with zero attached hydrogens (tertiary/aromatic N) is 3. The third kappa shape index (κ3) is 2.36. The summed E-state index contributed by atoms with van der Waals surface area (Å²) in [5.41, 5.74) is 2.25. The van der Waals surface area contributed by atoms with Crippen LogP contribution in [0, 0.1) is 6.92 Å². The van der Waals surface area contributed by atoms with Gasteiger partial charge in [0.15, 0.2) is 5.69 Å². The van der Waals surface area contributed by atoms with Crippen molar-refractivity contribution in [2.24, 2.45) is 0 Å². The molecule has 0 saturated carbocycles. The fourth-order valence-corrected chi connectivity index (χ4v) is 2.10. The first-order valence-corrected chi connectivity index (χ1v) is 6.29. The van der Waals surface area contributed by atoms with Gasteiger partial charge in [0.25, 0.3) is 0 Å². The number of hydrogen-bond acceptors (Lipinski definition) is 4. The van der Waals surface area contributed by atoms with E-state index in [1.165, 1.54) is 0 Å². The zero-order valence-corrected chi connectivity index (χ0v) is 11.9. The van der Waals surface area contributed by atoms with Crippen molar-refractivity contribution >= 4 is 5.97 Å². The van der Waals surface area contributed by atoms with Gasteiger partial charge in [0.1, 0.15) is 11.4 Å². The molecule has 0 atom stereocenters. The fourth-order valence-electron chi connectivity index (χ4n) is 2.10. The molecule has 6 nitrogen and oxygen atoms in total. The molecule has 20 heavy (non-hydrogen) atoms. The Morgan fingerprint density at radius 3 is 2.65 bits per heavy atom. The van der Waals surface area contributed by atoms with Gasteiger partial charge in [0.2, 0.25) is 0 Å². The summed E-state index contributed by atoms with van der Waals surface area (Å²) in [4.78, 5) is 11.2. The Bertz CT molecular complexity index is 647. The number of aryl methyl sites for hydroxylation is 1. The molecule has 1 aromatic heterocycles. The molecule has 0 aliphatic carbocycles. The maximum absolute atomic E-state index is 11.2. The predicted molar refractivity (Wildman–Crippen MR) is 73.7 cm³/mol. The van der Waals surface area contributed by atoms with Crippen LogP contribution in [0.25, 0.3) is 5.69 Å². The van der Waals surface area contributed by atoms with Crippen molar-refractivity contribution in [2.45, 2.75) is 26.7 Å². The van der Waals surface area contributed by atoms with Crippen LogP contribution in [0.3, 0.4) is 0 Å². The van der Waals surface area contributed by atoms with Crippen LogP contribution < -0.4 is 4.74 Å². The third-order valence-electron chi connectivity index (χ3n) is 3.02. The molecule has 1 aromatic carbocycles. The number of carbonyl (C=O) groups is 1. The highest BCUT2D eigenvalue weighted by Crippen LogP contribution is 2.28. The van der Waals surface area contributed by atoms with Crippen molar-refractivity contribution in [3.63, 3.8) is 0 Å². The largest absolute Gasteiger partial charge is 0.494 e. The molecule has 1 heterocycles. The monoisotopic (exact) mass is 275 g/mol. The van der Waals surface area contributed by atoms with Gasteiger partial charge in [-0.3, -0.25) is 0 Å². The Labute approximate surface area is 117 Å². The molecule has 2 rings (SSSR count). The lowest BCUT2D eigenvalue weighted by molar-refractivity contribution is 0.0688. The lowest BCUT2D eigenvalue weighted by Crippen LogP contribution is -2.09. The number of aromatic carboxylic acids is 1. The van der Waals surface area contributed by atoms with Gasteiger partial charge in [-0.25, -0.2) is 9.48 Å². The Morgan fingerprint density at radius 1 is 1.40 bits per heavy atom. The molecule has 0 radical (unpaired) electrons. The summed E-state index contributed by atoms with van der Waals surface area (Å²) in [5, 5.41) is 17.0. The lowest BCUT2D eigenvalue weighted by atomic mass is 10.1. The Kier molecular flexibility index (Phi) is 3.74. The van der Waals surface area contributed by atoms with Gasteiger partial charge in [0.05, 0.1) is 12.8 Å². The molecule has 0 bridgehead atoms. The number of aromatic nitrogens is 3. The van der Waals surface area contributed by atoms with E-state index in [-0.39, 0.29) is 11.6 Å². The summed E-state index contributed by atoms with van der Waals surface area (Å²) in [6.45, 7) is 5.76. The van der Waals surface area contributed by atoms with Crippen LogP contribution in [0.2, 0.25) is 0 Å². The first kappa shape index (κ1) is 14.0. The van der Waals surface area contributed by atoms with Crippen LogP contribution in [0.5, 0.6) is 5.75 Å². The van der Waals surface area contributed by atoms with Gasteiger partial charge < -0.3 is 9.84 Å². The molecule has 0 amide bonds. The summed E-state index contributed by atoms with van der Waals surface area (Å²) in [7, 11) is 1.57. The zero-order chi connectivity index (χ0) is 14.9. The number of carboxylic acid groups (broad SMARTS) is 1. The van der Waals surface area contributed by atoms with Crippen molar-refractivity contribution in [1.29, 1.82) is 0 Å². The first-order valence-electron chi connectivity index (χ1n) is 6.29. The molecule has 2 aromatic rings. The average Bonchev–Trinajstić information content (AvgIpc) is 2.83. The van der Waals surface area contributed by atoms with E-state index in [0.29, 0.717) is 17.1 Å². The summed E-state index contributed by atoms with van der Waals surface area (Å²) in [6, 6.07) is 5.65.